The largest absolute Gasteiger partial charge is 0.489 e. The molecule has 3 aliphatic rings. The predicted molar refractivity (Wildman–Crippen MR) is 123 cm³/mol. The first kappa shape index (κ1) is 19.9. The van der Waals surface area contributed by atoms with Gasteiger partial charge in [0.1, 0.15) is 12.4 Å². The van der Waals surface area contributed by atoms with E-state index in [0.717, 1.165) is 24.5 Å². The second kappa shape index (κ2) is 8.54. The fourth-order valence-electron chi connectivity index (χ4n) is 3.98. The summed E-state index contributed by atoms with van der Waals surface area (Å²) in [7, 11) is 0. The van der Waals surface area contributed by atoms with E-state index in [-0.39, 0.29) is 0 Å². The van der Waals surface area contributed by atoms with Crippen LogP contribution in [-0.2, 0) is 19.4 Å². The molecule has 0 spiro atoms. The number of fused-ring (bicyclic) bond motifs is 4. The summed E-state index contributed by atoms with van der Waals surface area (Å²) < 4.78 is 5.18. The number of rotatable bonds is 3. The summed E-state index contributed by atoms with van der Waals surface area (Å²) in [6, 6.07) is 19.2. The van der Waals surface area contributed by atoms with Gasteiger partial charge in [0.05, 0.1) is 0 Å². The van der Waals surface area contributed by atoms with Crippen LogP contribution in [0, 0.1) is 6.92 Å². The second-order valence-electron chi connectivity index (χ2n) is 8.18. The van der Waals surface area contributed by atoms with Crippen molar-refractivity contribution in [1.82, 2.24) is 0 Å². The summed E-state index contributed by atoms with van der Waals surface area (Å²) in [6.45, 7) is 7.44. The standard InChI is InChI=1S/C19H23NS.C7H6O/c1-12(2)14-6-4-7-15(11-14)21-19-13(3)10-18(20)16-8-5-9-17(16)19;1-3-7-4-2-6(1)5-8-7/h4,6-7,10-12H,5,8-9,20H2,1-3H3;1-4H,5H2. The van der Waals surface area contributed by atoms with Crippen LogP contribution >= 0.6 is 11.8 Å². The van der Waals surface area contributed by atoms with Gasteiger partial charge in [-0.25, -0.2) is 0 Å². The molecule has 2 bridgehead atoms. The lowest BCUT2D eigenvalue weighted by Gasteiger charge is -2.15. The Morgan fingerprint density at radius 1 is 0.966 bits per heavy atom. The van der Waals surface area contributed by atoms with Crippen LogP contribution in [0.4, 0.5) is 5.69 Å². The van der Waals surface area contributed by atoms with Gasteiger partial charge in [-0.15, -0.1) is 0 Å². The highest BCUT2D eigenvalue weighted by Crippen LogP contribution is 2.41. The number of aryl methyl sites for hydroxylation is 1. The Labute approximate surface area is 178 Å². The molecule has 29 heavy (non-hydrogen) atoms. The maximum absolute atomic E-state index is 6.19. The molecule has 6 rings (SSSR count). The van der Waals surface area contributed by atoms with Crippen LogP contribution in [0.3, 0.4) is 0 Å². The molecule has 1 aliphatic carbocycles. The van der Waals surface area contributed by atoms with Crippen molar-refractivity contribution in [3.05, 3.63) is 82.4 Å². The molecule has 150 valence electrons. The normalized spacial score (nSPS) is 13.7. The van der Waals surface area contributed by atoms with Crippen LogP contribution in [0.2, 0.25) is 0 Å². The molecule has 0 saturated carbocycles. The van der Waals surface area contributed by atoms with Crippen molar-refractivity contribution in [2.75, 3.05) is 5.73 Å². The lowest BCUT2D eigenvalue weighted by atomic mass is 10.0. The summed E-state index contributed by atoms with van der Waals surface area (Å²) in [5, 5.41) is 0. The Bertz CT molecular complexity index is 985. The van der Waals surface area contributed by atoms with Crippen LogP contribution in [-0.4, -0.2) is 0 Å². The van der Waals surface area contributed by atoms with E-state index in [4.69, 9.17) is 10.5 Å². The third-order valence-corrected chi connectivity index (χ3v) is 6.91. The van der Waals surface area contributed by atoms with Gasteiger partial charge in [-0.3, -0.25) is 0 Å². The summed E-state index contributed by atoms with van der Waals surface area (Å²) in [5.74, 6) is 1.56. The Morgan fingerprint density at radius 2 is 1.72 bits per heavy atom. The minimum absolute atomic E-state index is 0.573. The third kappa shape index (κ3) is 4.45. The molecule has 3 heteroatoms. The molecule has 0 fully saturated rings. The molecular formula is C26H29NOS. The summed E-state index contributed by atoms with van der Waals surface area (Å²) >= 11 is 1.90. The van der Waals surface area contributed by atoms with E-state index < -0.39 is 0 Å². The highest BCUT2D eigenvalue weighted by Gasteiger charge is 2.20. The maximum Gasteiger partial charge on any atom is 0.119 e. The van der Waals surface area contributed by atoms with E-state index in [2.05, 4.69) is 63.2 Å². The number of nitrogens with two attached hydrogens (primary N) is 1. The van der Waals surface area contributed by atoms with Gasteiger partial charge < -0.3 is 10.5 Å². The van der Waals surface area contributed by atoms with Crippen molar-refractivity contribution in [3.8, 4) is 5.75 Å². The maximum atomic E-state index is 6.19. The number of nitrogen functional groups attached to an aromatic ring is 1. The van der Waals surface area contributed by atoms with Crippen molar-refractivity contribution in [2.45, 2.75) is 62.3 Å². The molecule has 2 N–H and O–H groups in total. The highest BCUT2D eigenvalue weighted by atomic mass is 32.2. The van der Waals surface area contributed by atoms with Gasteiger partial charge in [0.25, 0.3) is 0 Å². The monoisotopic (exact) mass is 403 g/mol. The Morgan fingerprint density at radius 3 is 2.31 bits per heavy atom. The molecule has 3 aromatic rings. The fraction of sp³-hybridized carbons (Fsp3) is 0.308. The first-order chi connectivity index (χ1) is 14.0. The van der Waals surface area contributed by atoms with Gasteiger partial charge in [0.15, 0.2) is 0 Å². The number of hydrogen-bond donors (Lipinski definition) is 1. The van der Waals surface area contributed by atoms with Gasteiger partial charge in [-0.05, 0) is 90.3 Å². The van der Waals surface area contributed by atoms with E-state index in [1.54, 1.807) is 0 Å². The minimum atomic E-state index is 0.573. The predicted octanol–water partition coefficient (Wildman–Crippen LogP) is 6.92. The minimum Gasteiger partial charge on any atom is -0.489 e. The molecule has 0 amide bonds. The number of ether oxygens (including phenoxy) is 1. The van der Waals surface area contributed by atoms with Gasteiger partial charge in [-0.2, -0.15) is 0 Å². The first-order valence-corrected chi connectivity index (χ1v) is 11.2. The van der Waals surface area contributed by atoms with E-state index in [1.807, 2.05) is 23.9 Å². The summed E-state index contributed by atoms with van der Waals surface area (Å²) in [6.07, 6.45) is 3.55. The SMILES string of the molecule is Cc1cc(N)c2c(c1Sc1cccc(C(C)C)c1)CCC2.c1cc2ccc1CO2. The highest BCUT2D eigenvalue weighted by molar-refractivity contribution is 7.99. The Hall–Kier alpha value is -2.39. The molecule has 0 radical (unpaired) electrons. The lowest BCUT2D eigenvalue weighted by Crippen LogP contribution is -2.00. The molecular weight excluding hydrogens is 374 g/mol. The average molecular weight is 404 g/mol. The first-order valence-electron chi connectivity index (χ1n) is 10.4. The van der Waals surface area contributed by atoms with E-state index in [0.29, 0.717) is 5.92 Å². The van der Waals surface area contributed by atoms with Gasteiger partial charge in [-0.1, -0.05) is 49.9 Å². The molecule has 2 aliphatic heterocycles. The van der Waals surface area contributed by atoms with Crippen LogP contribution in [0.5, 0.6) is 5.75 Å². The van der Waals surface area contributed by atoms with E-state index >= 15 is 0 Å². The van der Waals surface area contributed by atoms with Crippen molar-refractivity contribution in [2.24, 2.45) is 0 Å². The van der Waals surface area contributed by atoms with E-state index in [1.165, 1.54) is 50.4 Å². The van der Waals surface area contributed by atoms with Crippen molar-refractivity contribution in [3.63, 3.8) is 0 Å². The van der Waals surface area contributed by atoms with Crippen molar-refractivity contribution < 1.29 is 4.74 Å². The third-order valence-electron chi connectivity index (χ3n) is 5.64. The van der Waals surface area contributed by atoms with Gasteiger partial charge >= 0.3 is 0 Å². The van der Waals surface area contributed by atoms with Gasteiger partial charge in [0, 0.05) is 15.5 Å². The topological polar surface area (TPSA) is 35.2 Å². The van der Waals surface area contributed by atoms with Gasteiger partial charge in [0.2, 0.25) is 0 Å². The van der Waals surface area contributed by atoms with E-state index in [9.17, 15) is 0 Å². The number of hydrogen-bond acceptors (Lipinski definition) is 3. The molecule has 2 heterocycles. The second-order valence-corrected chi connectivity index (χ2v) is 9.27. The molecule has 2 nitrogen and oxygen atoms in total. The van der Waals surface area contributed by atoms with Crippen LogP contribution in [0.25, 0.3) is 0 Å². The average Bonchev–Trinajstić information content (AvgIpc) is 3.24. The molecule has 3 aromatic carbocycles. The smallest absolute Gasteiger partial charge is 0.119 e. The molecule has 0 aromatic heterocycles. The van der Waals surface area contributed by atoms with Crippen molar-refractivity contribution >= 4 is 17.4 Å². The summed E-state index contributed by atoms with van der Waals surface area (Å²) in [4.78, 5) is 2.76. The Kier molecular flexibility index (Phi) is 5.86. The lowest BCUT2D eigenvalue weighted by molar-refractivity contribution is 0.295. The molecule has 0 unspecified atom stereocenters. The van der Waals surface area contributed by atoms with Crippen LogP contribution in [0.15, 0.2) is 64.4 Å². The summed E-state index contributed by atoms with van der Waals surface area (Å²) in [5.41, 5.74) is 14.0. The molecule has 0 saturated heterocycles. The zero-order valence-electron chi connectivity index (χ0n) is 17.5. The number of benzene rings is 3. The Balaban J connectivity index is 0.000000211. The zero-order chi connectivity index (χ0) is 20.4. The fourth-order valence-corrected chi connectivity index (χ4v) is 5.13. The molecule has 0 atom stereocenters. The zero-order valence-corrected chi connectivity index (χ0v) is 18.3. The number of anilines is 1. The van der Waals surface area contributed by atoms with Crippen molar-refractivity contribution in [1.29, 1.82) is 0 Å². The quantitative estimate of drug-likeness (QED) is 0.482. The van der Waals surface area contributed by atoms with Crippen LogP contribution < -0.4 is 10.5 Å². The van der Waals surface area contributed by atoms with Crippen LogP contribution in [0.1, 0.15) is 54.0 Å².